The number of nitrogens with one attached hydrogen (secondary N) is 1. The minimum absolute atomic E-state index is 0.128. The Labute approximate surface area is 95.4 Å². The van der Waals surface area contributed by atoms with Gasteiger partial charge in [0.1, 0.15) is 5.02 Å². The molecule has 14 heavy (non-hydrogen) atoms. The topological polar surface area (TPSA) is 49.0 Å². The van der Waals surface area contributed by atoms with Crippen LogP contribution < -0.4 is 10.5 Å². The maximum atomic E-state index is 11.2. The number of hydrogen-bond donors (Lipinski definition) is 1. The van der Waals surface area contributed by atoms with Crippen LogP contribution in [0.25, 0.3) is 0 Å². The molecule has 1 N–H and O–H groups in total. The zero-order chi connectivity index (χ0) is 10.7. The van der Waals surface area contributed by atoms with Crippen molar-refractivity contribution in [2.75, 3.05) is 18.5 Å². The quantitative estimate of drug-likeness (QED) is 0.857. The van der Waals surface area contributed by atoms with Crippen molar-refractivity contribution in [1.82, 2.24) is 9.97 Å². The van der Waals surface area contributed by atoms with Crippen molar-refractivity contribution in [1.29, 1.82) is 0 Å². The van der Waals surface area contributed by atoms with E-state index in [1.807, 2.05) is 18.9 Å². The van der Waals surface area contributed by atoms with Gasteiger partial charge in [0.15, 0.2) is 5.82 Å². The number of aromatic nitrogens is 2. The molecule has 1 aromatic heterocycles. The molecule has 0 spiro atoms. The summed E-state index contributed by atoms with van der Waals surface area (Å²) < 4.78 is 0. The first kappa shape index (κ1) is 11.5. The second-order valence-electron chi connectivity index (χ2n) is 3.03. The van der Waals surface area contributed by atoms with Gasteiger partial charge in [0.2, 0.25) is 0 Å². The van der Waals surface area contributed by atoms with Crippen LogP contribution in [0.5, 0.6) is 0 Å². The number of hydrogen-bond acceptors (Lipinski definition) is 3. The summed E-state index contributed by atoms with van der Waals surface area (Å²) >= 11 is 9.23. The van der Waals surface area contributed by atoms with Gasteiger partial charge >= 0.3 is 0 Å². The fourth-order valence-corrected chi connectivity index (χ4v) is 1.79. The van der Waals surface area contributed by atoms with Crippen molar-refractivity contribution >= 4 is 33.3 Å². The van der Waals surface area contributed by atoms with Gasteiger partial charge in [-0.05, 0) is 0 Å². The van der Waals surface area contributed by atoms with Gasteiger partial charge in [0.05, 0.1) is 6.33 Å². The van der Waals surface area contributed by atoms with Crippen molar-refractivity contribution in [3.05, 3.63) is 21.7 Å². The van der Waals surface area contributed by atoms with Gasteiger partial charge in [-0.2, -0.15) is 0 Å². The molecular weight excluding hydrogens is 269 g/mol. The molecular formula is C8H11BrClN3O. The second kappa shape index (κ2) is 4.79. The van der Waals surface area contributed by atoms with Crippen LogP contribution in [0.4, 0.5) is 5.82 Å². The Morgan fingerprint density at radius 2 is 2.43 bits per heavy atom. The smallest absolute Gasteiger partial charge is 0.271 e. The van der Waals surface area contributed by atoms with Crippen LogP contribution in [0.2, 0.25) is 5.02 Å². The van der Waals surface area contributed by atoms with Gasteiger partial charge in [-0.1, -0.05) is 34.5 Å². The normalized spacial score (nSPS) is 12.6. The van der Waals surface area contributed by atoms with Crippen LogP contribution >= 0.6 is 27.5 Å². The van der Waals surface area contributed by atoms with Crippen molar-refractivity contribution in [2.45, 2.75) is 11.8 Å². The Hall–Kier alpha value is -0.550. The molecule has 1 unspecified atom stereocenters. The minimum atomic E-state index is -0.314. The molecule has 0 saturated heterocycles. The highest BCUT2D eigenvalue weighted by Crippen LogP contribution is 2.17. The third-order valence-electron chi connectivity index (χ3n) is 1.67. The Balaban J connectivity index is 2.95. The Morgan fingerprint density at radius 1 is 1.79 bits per heavy atom. The van der Waals surface area contributed by atoms with E-state index in [-0.39, 0.29) is 10.6 Å². The molecule has 0 radical (unpaired) electrons. The van der Waals surface area contributed by atoms with Gasteiger partial charge in [0.25, 0.3) is 5.56 Å². The fourth-order valence-electron chi connectivity index (χ4n) is 1.10. The molecule has 78 valence electrons. The van der Waals surface area contributed by atoms with Gasteiger partial charge in [-0.25, -0.2) is 4.98 Å². The van der Waals surface area contributed by atoms with E-state index < -0.39 is 0 Å². The average molecular weight is 281 g/mol. The molecule has 0 aromatic carbocycles. The molecule has 0 bridgehead atoms. The van der Waals surface area contributed by atoms with E-state index in [1.165, 1.54) is 6.33 Å². The van der Waals surface area contributed by atoms with E-state index in [2.05, 4.69) is 25.9 Å². The zero-order valence-corrected chi connectivity index (χ0v) is 10.3. The predicted molar refractivity (Wildman–Crippen MR) is 61.5 cm³/mol. The molecule has 0 aliphatic heterocycles. The maximum absolute atomic E-state index is 11.2. The lowest BCUT2D eigenvalue weighted by molar-refractivity contribution is 0.854. The van der Waals surface area contributed by atoms with Crippen LogP contribution in [0.15, 0.2) is 11.1 Å². The van der Waals surface area contributed by atoms with Crippen LogP contribution in [0.3, 0.4) is 0 Å². The van der Waals surface area contributed by atoms with Crippen LogP contribution in [-0.2, 0) is 0 Å². The highest BCUT2D eigenvalue weighted by Gasteiger charge is 2.11. The SMILES string of the molecule is CC(Br)CN(C)c1nc[nH]c(=O)c1Cl. The first-order chi connectivity index (χ1) is 6.52. The lowest BCUT2D eigenvalue weighted by Crippen LogP contribution is -2.27. The van der Waals surface area contributed by atoms with Crippen molar-refractivity contribution in [3.63, 3.8) is 0 Å². The van der Waals surface area contributed by atoms with Crippen LogP contribution in [0, 0.1) is 0 Å². The molecule has 0 aliphatic carbocycles. The first-order valence-corrected chi connectivity index (χ1v) is 5.40. The van der Waals surface area contributed by atoms with Gasteiger partial charge in [-0.3, -0.25) is 4.79 Å². The largest absolute Gasteiger partial charge is 0.357 e. The molecule has 4 nitrogen and oxygen atoms in total. The van der Waals surface area contributed by atoms with Crippen LogP contribution in [0.1, 0.15) is 6.92 Å². The van der Waals surface area contributed by atoms with Gasteiger partial charge < -0.3 is 9.88 Å². The van der Waals surface area contributed by atoms with Crippen molar-refractivity contribution in [2.24, 2.45) is 0 Å². The van der Waals surface area contributed by atoms with E-state index in [0.29, 0.717) is 10.6 Å². The third-order valence-corrected chi connectivity index (χ3v) is 2.30. The minimum Gasteiger partial charge on any atom is -0.357 e. The summed E-state index contributed by atoms with van der Waals surface area (Å²) in [5.74, 6) is 0.502. The first-order valence-electron chi connectivity index (χ1n) is 4.10. The molecule has 0 aliphatic rings. The molecule has 0 fully saturated rings. The Kier molecular flexibility index (Phi) is 3.95. The number of nitrogens with zero attached hydrogens (tertiary/aromatic N) is 2. The summed E-state index contributed by atoms with van der Waals surface area (Å²) in [5, 5.41) is 0.128. The molecule has 1 rings (SSSR count). The van der Waals surface area contributed by atoms with E-state index >= 15 is 0 Å². The number of alkyl halides is 1. The Bertz CT molecular complexity index is 366. The molecule has 1 aromatic rings. The highest BCUT2D eigenvalue weighted by molar-refractivity contribution is 9.09. The van der Waals surface area contributed by atoms with Crippen molar-refractivity contribution in [3.8, 4) is 0 Å². The van der Waals surface area contributed by atoms with Gasteiger partial charge in [0, 0.05) is 18.4 Å². The molecule has 0 saturated carbocycles. The number of rotatable bonds is 3. The highest BCUT2D eigenvalue weighted by atomic mass is 79.9. The Morgan fingerprint density at radius 3 is 3.00 bits per heavy atom. The summed E-state index contributed by atoms with van der Waals surface area (Å²) in [6, 6.07) is 0. The van der Waals surface area contributed by atoms with E-state index in [1.54, 1.807) is 0 Å². The van der Waals surface area contributed by atoms with Gasteiger partial charge in [-0.15, -0.1) is 0 Å². The maximum Gasteiger partial charge on any atom is 0.271 e. The lowest BCUT2D eigenvalue weighted by Gasteiger charge is -2.19. The summed E-state index contributed by atoms with van der Waals surface area (Å²) in [7, 11) is 1.84. The molecule has 1 atom stereocenters. The van der Waals surface area contributed by atoms with E-state index in [0.717, 1.165) is 6.54 Å². The molecule has 0 amide bonds. The predicted octanol–water partition coefficient (Wildman–Crippen LogP) is 1.64. The zero-order valence-electron chi connectivity index (χ0n) is 7.92. The van der Waals surface area contributed by atoms with E-state index in [9.17, 15) is 4.79 Å². The second-order valence-corrected chi connectivity index (χ2v) is 4.97. The number of H-pyrrole nitrogens is 1. The summed E-state index contributed by atoms with van der Waals surface area (Å²) in [4.78, 5) is 19.7. The monoisotopic (exact) mass is 279 g/mol. The van der Waals surface area contributed by atoms with Crippen molar-refractivity contribution < 1.29 is 0 Å². The summed E-state index contributed by atoms with van der Waals surface area (Å²) in [6.07, 6.45) is 1.35. The third kappa shape index (κ3) is 2.72. The summed E-state index contributed by atoms with van der Waals surface area (Å²) in [5.41, 5.74) is -0.314. The standard InChI is InChI=1S/C8H11BrClN3O/c1-5(9)3-13(2)7-6(10)8(14)12-4-11-7/h4-5H,3H2,1-2H3,(H,11,12,14). The number of aromatic amines is 1. The molecule has 1 heterocycles. The fraction of sp³-hybridized carbons (Fsp3) is 0.500. The van der Waals surface area contributed by atoms with E-state index in [4.69, 9.17) is 11.6 Å². The van der Waals surface area contributed by atoms with Crippen LogP contribution in [-0.4, -0.2) is 28.4 Å². The molecule has 6 heteroatoms. The number of anilines is 1. The average Bonchev–Trinajstić information content (AvgIpc) is 2.08. The number of halogens is 2. The lowest BCUT2D eigenvalue weighted by atomic mass is 10.4. The summed E-state index contributed by atoms with van der Waals surface area (Å²) in [6.45, 7) is 2.74.